The van der Waals surface area contributed by atoms with E-state index in [0.717, 1.165) is 56.7 Å². The molecular formula is C23H37IN6O3. The van der Waals surface area contributed by atoms with Gasteiger partial charge in [-0.05, 0) is 24.6 Å². The molecule has 1 saturated heterocycles. The van der Waals surface area contributed by atoms with E-state index in [2.05, 4.69) is 59.0 Å². The summed E-state index contributed by atoms with van der Waals surface area (Å²) in [4.78, 5) is 14.0. The zero-order valence-corrected chi connectivity index (χ0v) is 22.9. The molecule has 3 rings (SSSR count). The Bertz CT molecular complexity index is 904. The quantitative estimate of drug-likeness (QED) is 0.308. The van der Waals surface area contributed by atoms with E-state index in [4.69, 9.17) is 19.0 Å². The molecule has 0 atom stereocenters. The molecule has 0 bridgehead atoms. The van der Waals surface area contributed by atoms with Gasteiger partial charge in [-0.1, -0.05) is 32.0 Å². The standard InChI is InChI=1S/C23H36N6O3.HI/c1-7-24-22(25-15-20-26-21(32-27-20)23(2,3)4)29-12-10-28(11-13-29)16-17-8-9-18(30-5)19(14-17)31-6;/h8-9,14H,7,10-13,15-16H2,1-6H3,(H,24,25);1H. The zero-order chi connectivity index (χ0) is 23.1. The van der Waals surface area contributed by atoms with Crippen molar-refractivity contribution in [1.82, 2.24) is 25.3 Å². The lowest BCUT2D eigenvalue weighted by Crippen LogP contribution is -2.52. The summed E-state index contributed by atoms with van der Waals surface area (Å²) in [5, 5.41) is 7.47. The predicted molar refractivity (Wildman–Crippen MR) is 140 cm³/mol. The van der Waals surface area contributed by atoms with Crippen molar-refractivity contribution in [2.24, 2.45) is 4.99 Å². The largest absolute Gasteiger partial charge is 0.493 e. The van der Waals surface area contributed by atoms with E-state index in [1.807, 2.05) is 12.1 Å². The van der Waals surface area contributed by atoms with Gasteiger partial charge < -0.3 is 24.2 Å². The molecule has 2 aromatic rings. The molecule has 0 saturated carbocycles. The molecule has 10 heteroatoms. The van der Waals surface area contributed by atoms with Crippen LogP contribution in [0.15, 0.2) is 27.7 Å². The molecule has 0 unspecified atom stereocenters. The predicted octanol–water partition coefficient (Wildman–Crippen LogP) is 3.29. The topological polar surface area (TPSA) is 88.2 Å². The second-order valence-electron chi connectivity index (χ2n) is 8.89. The van der Waals surface area contributed by atoms with Crippen LogP contribution in [-0.4, -0.2) is 72.8 Å². The third-order valence-electron chi connectivity index (χ3n) is 5.34. The van der Waals surface area contributed by atoms with Gasteiger partial charge in [0.05, 0.1) is 14.2 Å². The van der Waals surface area contributed by atoms with Gasteiger partial charge in [-0.25, -0.2) is 4.99 Å². The Morgan fingerprint density at radius 1 is 1.12 bits per heavy atom. The lowest BCUT2D eigenvalue weighted by molar-refractivity contribution is 0.172. The summed E-state index contributed by atoms with van der Waals surface area (Å²) in [6.07, 6.45) is 0. The first-order valence-electron chi connectivity index (χ1n) is 11.1. The molecule has 1 aliphatic heterocycles. The molecule has 9 nitrogen and oxygen atoms in total. The van der Waals surface area contributed by atoms with Crippen molar-refractivity contribution in [2.75, 3.05) is 46.9 Å². The van der Waals surface area contributed by atoms with Gasteiger partial charge in [-0.15, -0.1) is 24.0 Å². The average molecular weight is 572 g/mol. The number of hydrogen-bond donors (Lipinski definition) is 1. The molecule has 0 aliphatic carbocycles. The third kappa shape index (κ3) is 7.46. The number of ether oxygens (including phenoxy) is 2. The van der Waals surface area contributed by atoms with Crippen molar-refractivity contribution in [3.63, 3.8) is 0 Å². The van der Waals surface area contributed by atoms with Gasteiger partial charge in [0, 0.05) is 44.7 Å². The summed E-state index contributed by atoms with van der Waals surface area (Å²) in [6, 6.07) is 6.10. The molecule has 1 aromatic carbocycles. The fraction of sp³-hybridized carbons (Fsp3) is 0.609. The maximum atomic E-state index is 5.43. The number of methoxy groups -OCH3 is 2. The summed E-state index contributed by atoms with van der Waals surface area (Å²) in [6.45, 7) is 14.0. The van der Waals surface area contributed by atoms with E-state index in [-0.39, 0.29) is 29.4 Å². The van der Waals surface area contributed by atoms with Gasteiger partial charge in [0.15, 0.2) is 23.3 Å². The zero-order valence-electron chi connectivity index (χ0n) is 20.6. The minimum absolute atomic E-state index is 0. The molecular weight excluding hydrogens is 535 g/mol. The van der Waals surface area contributed by atoms with Crippen LogP contribution in [0.3, 0.4) is 0 Å². The Kier molecular flexibility index (Phi) is 10.2. The first-order chi connectivity index (χ1) is 15.3. The Morgan fingerprint density at radius 3 is 2.39 bits per heavy atom. The molecule has 2 heterocycles. The Hall–Kier alpha value is -2.08. The number of rotatable bonds is 7. The highest BCUT2D eigenvalue weighted by Crippen LogP contribution is 2.28. The highest BCUT2D eigenvalue weighted by molar-refractivity contribution is 14.0. The smallest absolute Gasteiger partial charge is 0.232 e. The number of guanidine groups is 1. The molecule has 1 fully saturated rings. The van der Waals surface area contributed by atoms with Crippen LogP contribution < -0.4 is 14.8 Å². The number of nitrogens with zero attached hydrogens (tertiary/aromatic N) is 5. The van der Waals surface area contributed by atoms with Gasteiger partial charge in [0.2, 0.25) is 5.89 Å². The Morgan fingerprint density at radius 2 is 1.82 bits per heavy atom. The maximum Gasteiger partial charge on any atom is 0.232 e. The SMILES string of the molecule is CCNC(=NCc1noc(C(C)(C)C)n1)N1CCN(Cc2ccc(OC)c(OC)c2)CC1.I. The fourth-order valence-corrected chi connectivity index (χ4v) is 3.55. The number of aromatic nitrogens is 2. The van der Waals surface area contributed by atoms with E-state index in [9.17, 15) is 0 Å². The second kappa shape index (κ2) is 12.4. The van der Waals surface area contributed by atoms with Crippen LogP contribution in [0.5, 0.6) is 11.5 Å². The van der Waals surface area contributed by atoms with Crippen LogP contribution in [-0.2, 0) is 18.5 Å². The fourth-order valence-electron chi connectivity index (χ4n) is 3.55. The second-order valence-corrected chi connectivity index (χ2v) is 8.89. The maximum absolute atomic E-state index is 5.43. The number of piperazine rings is 1. The lowest BCUT2D eigenvalue weighted by atomic mass is 9.97. The van der Waals surface area contributed by atoms with Crippen molar-refractivity contribution >= 4 is 29.9 Å². The van der Waals surface area contributed by atoms with E-state index < -0.39 is 0 Å². The van der Waals surface area contributed by atoms with Gasteiger partial charge in [0.1, 0.15) is 6.54 Å². The minimum Gasteiger partial charge on any atom is -0.493 e. The number of hydrogen-bond acceptors (Lipinski definition) is 7. The number of aliphatic imine (C=N–C) groups is 1. The summed E-state index contributed by atoms with van der Waals surface area (Å²) >= 11 is 0. The molecule has 1 N–H and O–H groups in total. The van der Waals surface area contributed by atoms with Gasteiger partial charge in [-0.3, -0.25) is 4.90 Å². The molecule has 0 radical (unpaired) electrons. The first kappa shape index (κ1) is 27.2. The normalized spacial score (nSPS) is 15.2. The van der Waals surface area contributed by atoms with Crippen LogP contribution in [0.25, 0.3) is 0 Å². The van der Waals surface area contributed by atoms with Crippen LogP contribution in [0.2, 0.25) is 0 Å². The monoisotopic (exact) mass is 572 g/mol. The van der Waals surface area contributed by atoms with Crippen LogP contribution in [0, 0.1) is 0 Å². The number of halogens is 1. The summed E-state index contributed by atoms with van der Waals surface area (Å²) < 4.78 is 16.1. The van der Waals surface area contributed by atoms with Crippen LogP contribution in [0.1, 0.15) is 45.0 Å². The van der Waals surface area contributed by atoms with Gasteiger partial charge in [0.25, 0.3) is 0 Å². The van der Waals surface area contributed by atoms with E-state index >= 15 is 0 Å². The summed E-state index contributed by atoms with van der Waals surface area (Å²) in [5.74, 6) is 3.65. The number of nitrogens with one attached hydrogen (secondary N) is 1. The van der Waals surface area contributed by atoms with Gasteiger partial charge >= 0.3 is 0 Å². The highest BCUT2D eigenvalue weighted by atomic mass is 127. The first-order valence-corrected chi connectivity index (χ1v) is 11.1. The third-order valence-corrected chi connectivity index (χ3v) is 5.34. The van der Waals surface area contributed by atoms with Gasteiger partial charge in [-0.2, -0.15) is 4.98 Å². The van der Waals surface area contributed by atoms with Crippen molar-refractivity contribution < 1.29 is 14.0 Å². The van der Waals surface area contributed by atoms with Crippen molar-refractivity contribution in [3.05, 3.63) is 35.5 Å². The van der Waals surface area contributed by atoms with E-state index in [1.54, 1.807) is 14.2 Å². The number of benzene rings is 1. The molecule has 184 valence electrons. The molecule has 33 heavy (non-hydrogen) atoms. The van der Waals surface area contributed by atoms with Crippen molar-refractivity contribution in [3.8, 4) is 11.5 Å². The van der Waals surface area contributed by atoms with E-state index in [0.29, 0.717) is 18.3 Å². The minimum atomic E-state index is -0.163. The lowest BCUT2D eigenvalue weighted by Gasteiger charge is -2.36. The molecule has 0 spiro atoms. The van der Waals surface area contributed by atoms with Crippen molar-refractivity contribution in [1.29, 1.82) is 0 Å². The Balaban J connectivity index is 0.00000385. The van der Waals surface area contributed by atoms with Crippen molar-refractivity contribution in [2.45, 2.75) is 46.2 Å². The Labute approximate surface area is 213 Å². The summed E-state index contributed by atoms with van der Waals surface area (Å²) in [5.41, 5.74) is 1.05. The molecule has 0 amide bonds. The van der Waals surface area contributed by atoms with Crippen LogP contribution >= 0.6 is 24.0 Å². The average Bonchev–Trinajstić information content (AvgIpc) is 3.27. The summed E-state index contributed by atoms with van der Waals surface area (Å²) in [7, 11) is 3.32. The van der Waals surface area contributed by atoms with Crippen LogP contribution in [0.4, 0.5) is 0 Å². The molecule has 1 aromatic heterocycles. The van der Waals surface area contributed by atoms with E-state index in [1.165, 1.54) is 5.56 Å². The molecule has 1 aliphatic rings. The highest BCUT2D eigenvalue weighted by Gasteiger charge is 2.23.